The minimum Gasteiger partial charge on any atom is -0.481 e. The monoisotopic (exact) mass is 452 g/mol. The maximum Gasteiger partial charge on any atom is 0.306 e. The first-order valence-corrected chi connectivity index (χ1v) is 10.8. The molecule has 0 spiro atoms. The molecule has 2 aromatic carbocycles. The molecule has 33 heavy (non-hydrogen) atoms. The SMILES string of the molecule is O=C(O)CC(O)CNC(c1ccccc1)c1nnnn1CCCC(=O)NCc1ccccc1. The molecule has 2 unspecified atom stereocenters. The molecule has 10 nitrogen and oxygen atoms in total. The second-order valence-corrected chi connectivity index (χ2v) is 7.63. The lowest BCUT2D eigenvalue weighted by Gasteiger charge is -2.20. The predicted octanol–water partition coefficient (Wildman–Crippen LogP) is 1.28. The third-order valence-corrected chi connectivity index (χ3v) is 5.02. The molecule has 0 bridgehead atoms. The topological polar surface area (TPSA) is 142 Å². The number of tetrazole rings is 1. The Bertz CT molecular complexity index is 1010. The average Bonchev–Trinajstić information content (AvgIpc) is 3.27. The summed E-state index contributed by atoms with van der Waals surface area (Å²) in [4.78, 5) is 23.0. The van der Waals surface area contributed by atoms with Crippen molar-refractivity contribution in [3.8, 4) is 0 Å². The number of hydrogen-bond acceptors (Lipinski definition) is 7. The van der Waals surface area contributed by atoms with Crippen LogP contribution in [-0.2, 0) is 22.7 Å². The van der Waals surface area contributed by atoms with Crippen molar-refractivity contribution in [2.75, 3.05) is 6.54 Å². The Balaban J connectivity index is 1.58. The molecule has 0 aliphatic heterocycles. The number of carbonyl (C=O) groups is 2. The van der Waals surface area contributed by atoms with Crippen molar-refractivity contribution >= 4 is 11.9 Å². The normalized spacial score (nSPS) is 12.8. The summed E-state index contributed by atoms with van der Waals surface area (Å²) in [6.07, 6.45) is -0.543. The molecular formula is C23H28N6O4. The van der Waals surface area contributed by atoms with Crippen LogP contribution in [0.25, 0.3) is 0 Å². The summed E-state index contributed by atoms with van der Waals surface area (Å²) in [7, 11) is 0. The fourth-order valence-electron chi connectivity index (χ4n) is 3.38. The maximum absolute atomic E-state index is 12.2. The van der Waals surface area contributed by atoms with Crippen LogP contribution >= 0.6 is 0 Å². The number of carboxylic acids is 1. The number of nitrogens with zero attached hydrogens (tertiary/aromatic N) is 4. The smallest absolute Gasteiger partial charge is 0.306 e. The molecule has 0 aliphatic carbocycles. The van der Waals surface area contributed by atoms with Crippen molar-refractivity contribution in [1.82, 2.24) is 30.8 Å². The van der Waals surface area contributed by atoms with E-state index in [1.165, 1.54) is 0 Å². The largest absolute Gasteiger partial charge is 0.481 e. The van der Waals surface area contributed by atoms with E-state index in [9.17, 15) is 14.7 Å². The lowest BCUT2D eigenvalue weighted by atomic mass is 10.1. The number of carboxylic acid groups (broad SMARTS) is 1. The molecule has 2 atom stereocenters. The van der Waals surface area contributed by atoms with Crippen molar-refractivity contribution in [3.63, 3.8) is 0 Å². The Hall–Kier alpha value is -3.63. The molecule has 174 valence electrons. The summed E-state index contributed by atoms with van der Waals surface area (Å²) in [5.74, 6) is -0.604. The van der Waals surface area contributed by atoms with E-state index >= 15 is 0 Å². The summed E-state index contributed by atoms with van der Waals surface area (Å²) in [5.41, 5.74) is 1.91. The van der Waals surface area contributed by atoms with Crippen LogP contribution in [0, 0.1) is 0 Å². The van der Waals surface area contributed by atoms with Crippen molar-refractivity contribution in [2.45, 2.75) is 44.5 Å². The summed E-state index contributed by atoms with van der Waals surface area (Å²) < 4.78 is 1.62. The third-order valence-electron chi connectivity index (χ3n) is 5.02. The fourth-order valence-corrected chi connectivity index (χ4v) is 3.38. The van der Waals surface area contributed by atoms with Crippen LogP contribution in [0.1, 0.15) is 42.3 Å². The van der Waals surface area contributed by atoms with Gasteiger partial charge in [0.15, 0.2) is 5.82 Å². The fraction of sp³-hybridized carbons (Fsp3) is 0.348. The van der Waals surface area contributed by atoms with Crippen LogP contribution in [0.2, 0.25) is 0 Å². The number of amides is 1. The van der Waals surface area contributed by atoms with Gasteiger partial charge in [-0.3, -0.25) is 9.59 Å². The van der Waals surface area contributed by atoms with Crippen molar-refractivity contribution in [2.24, 2.45) is 0 Å². The summed E-state index contributed by atoms with van der Waals surface area (Å²) in [6.45, 7) is 0.971. The molecule has 0 saturated heterocycles. The first kappa shape index (κ1) is 24.0. The van der Waals surface area contributed by atoms with E-state index in [-0.39, 0.29) is 18.9 Å². The Kier molecular flexibility index (Phi) is 9.04. The molecule has 1 amide bonds. The number of aromatic nitrogens is 4. The number of aryl methyl sites for hydroxylation is 1. The maximum atomic E-state index is 12.2. The molecular weight excluding hydrogens is 424 g/mol. The highest BCUT2D eigenvalue weighted by Gasteiger charge is 2.22. The van der Waals surface area contributed by atoms with Gasteiger partial charge in [-0.25, -0.2) is 4.68 Å². The number of aliphatic carboxylic acids is 1. The molecule has 10 heteroatoms. The highest BCUT2D eigenvalue weighted by molar-refractivity contribution is 5.75. The van der Waals surface area contributed by atoms with Gasteiger partial charge >= 0.3 is 5.97 Å². The minimum atomic E-state index is -1.07. The van der Waals surface area contributed by atoms with Gasteiger partial charge in [-0.1, -0.05) is 60.7 Å². The number of aliphatic hydroxyl groups is 1. The molecule has 3 rings (SSSR count). The first-order valence-electron chi connectivity index (χ1n) is 10.8. The van der Waals surface area contributed by atoms with Crippen molar-refractivity contribution < 1.29 is 19.8 Å². The number of nitrogens with one attached hydrogen (secondary N) is 2. The standard InChI is InChI=1S/C23H28N6O4/c30-19(14-21(32)33)16-25-22(18-10-5-2-6-11-18)23-26-27-28-29(23)13-7-12-20(31)24-15-17-8-3-1-4-9-17/h1-6,8-11,19,22,25,30H,7,12-16H2,(H,24,31)(H,32,33). The Morgan fingerprint density at radius 3 is 2.42 bits per heavy atom. The van der Waals surface area contributed by atoms with Gasteiger partial charge in [0, 0.05) is 26.1 Å². The quantitative estimate of drug-likeness (QED) is 0.304. The Morgan fingerprint density at radius 2 is 1.73 bits per heavy atom. The summed E-state index contributed by atoms with van der Waals surface area (Å²) >= 11 is 0. The molecule has 0 fully saturated rings. The molecule has 4 N–H and O–H groups in total. The Labute approximate surface area is 191 Å². The predicted molar refractivity (Wildman–Crippen MR) is 120 cm³/mol. The zero-order valence-corrected chi connectivity index (χ0v) is 18.2. The molecule has 0 aliphatic rings. The average molecular weight is 453 g/mol. The molecule has 1 aromatic heterocycles. The van der Waals surface area contributed by atoms with Crippen LogP contribution < -0.4 is 10.6 Å². The molecule has 1 heterocycles. The van der Waals surface area contributed by atoms with E-state index in [4.69, 9.17) is 5.11 Å². The van der Waals surface area contributed by atoms with E-state index in [1.807, 2.05) is 60.7 Å². The second-order valence-electron chi connectivity index (χ2n) is 7.63. The first-order chi connectivity index (χ1) is 16.0. The molecule has 0 radical (unpaired) electrons. The summed E-state index contributed by atoms with van der Waals surface area (Å²) in [5, 5.41) is 36.9. The van der Waals surface area contributed by atoms with E-state index in [1.54, 1.807) is 4.68 Å². The van der Waals surface area contributed by atoms with Crippen molar-refractivity contribution in [1.29, 1.82) is 0 Å². The third kappa shape index (κ3) is 7.78. The van der Waals surface area contributed by atoms with Crippen molar-refractivity contribution in [3.05, 3.63) is 77.6 Å². The lowest BCUT2D eigenvalue weighted by molar-refractivity contribution is -0.139. The van der Waals surface area contributed by atoms with Gasteiger partial charge in [-0.05, 0) is 28.0 Å². The highest BCUT2D eigenvalue weighted by Crippen LogP contribution is 2.20. The number of aliphatic hydroxyl groups excluding tert-OH is 1. The number of hydrogen-bond donors (Lipinski definition) is 4. The van der Waals surface area contributed by atoms with E-state index in [0.29, 0.717) is 31.8 Å². The van der Waals surface area contributed by atoms with E-state index in [2.05, 4.69) is 26.2 Å². The zero-order chi connectivity index (χ0) is 23.5. The highest BCUT2D eigenvalue weighted by atomic mass is 16.4. The van der Waals surface area contributed by atoms with E-state index < -0.39 is 18.1 Å². The molecule has 0 saturated carbocycles. The van der Waals surface area contributed by atoms with Crippen LogP contribution in [0.4, 0.5) is 0 Å². The van der Waals surface area contributed by atoms with Gasteiger partial charge in [0.25, 0.3) is 0 Å². The number of carbonyl (C=O) groups excluding carboxylic acids is 1. The minimum absolute atomic E-state index is 0.0528. The summed E-state index contributed by atoms with van der Waals surface area (Å²) in [6, 6.07) is 18.7. The van der Waals surface area contributed by atoms with Gasteiger partial charge in [0.05, 0.1) is 18.6 Å². The van der Waals surface area contributed by atoms with Crippen LogP contribution in [0.15, 0.2) is 60.7 Å². The van der Waals surface area contributed by atoms with Gasteiger partial charge in [-0.2, -0.15) is 0 Å². The molecule has 3 aromatic rings. The second kappa shape index (κ2) is 12.4. The van der Waals surface area contributed by atoms with Crippen LogP contribution in [-0.4, -0.2) is 54.9 Å². The number of benzene rings is 2. The van der Waals surface area contributed by atoms with Gasteiger partial charge in [-0.15, -0.1) is 5.10 Å². The van der Waals surface area contributed by atoms with Gasteiger partial charge in [0.1, 0.15) is 0 Å². The van der Waals surface area contributed by atoms with Gasteiger partial charge < -0.3 is 20.8 Å². The lowest BCUT2D eigenvalue weighted by Crippen LogP contribution is -2.34. The van der Waals surface area contributed by atoms with Gasteiger partial charge in [0.2, 0.25) is 5.91 Å². The van der Waals surface area contributed by atoms with Crippen LogP contribution in [0.5, 0.6) is 0 Å². The Morgan fingerprint density at radius 1 is 1.03 bits per heavy atom. The van der Waals surface area contributed by atoms with E-state index in [0.717, 1.165) is 11.1 Å². The number of rotatable bonds is 13. The van der Waals surface area contributed by atoms with Crippen LogP contribution in [0.3, 0.4) is 0 Å². The zero-order valence-electron chi connectivity index (χ0n) is 18.2.